The van der Waals surface area contributed by atoms with E-state index in [0.717, 1.165) is 82.5 Å². The van der Waals surface area contributed by atoms with E-state index in [1.54, 1.807) is 23.5 Å². The molecule has 0 spiro atoms. The highest BCUT2D eigenvalue weighted by molar-refractivity contribution is 7.18. The zero-order chi connectivity index (χ0) is 28.9. The molecule has 10 heteroatoms. The number of hydrogen-bond acceptors (Lipinski definition) is 8. The monoisotopic (exact) mass is 596 g/mol. The Labute approximate surface area is 252 Å². The van der Waals surface area contributed by atoms with Crippen molar-refractivity contribution in [2.75, 3.05) is 26.3 Å². The van der Waals surface area contributed by atoms with E-state index in [0.29, 0.717) is 25.6 Å². The Hall–Kier alpha value is -3.99. The van der Waals surface area contributed by atoms with Gasteiger partial charge >= 0.3 is 5.97 Å². The summed E-state index contributed by atoms with van der Waals surface area (Å²) in [7, 11) is 0. The first kappa shape index (κ1) is 26.6. The number of imidazole rings is 1. The predicted octanol–water partition coefficient (Wildman–Crippen LogP) is 6.03. The molecule has 43 heavy (non-hydrogen) atoms. The molecule has 2 saturated heterocycles. The third kappa shape index (κ3) is 5.03. The number of aromatic carboxylic acids is 1. The van der Waals surface area contributed by atoms with E-state index in [1.807, 2.05) is 30.3 Å². The summed E-state index contributed by atoms with van der Waals surface area (Å²) in [4.78, 5) is 23.8. The summed E-state index contributed by atoms with van der Waals surface area (Å²) in [5, 5.41) is 10.5. The Morgan fingerprint density at radius 2 is 1.86 bits per heavy atom. The average molecular weight is 597 g/mol. The lowest BCUT2D eigenvalue weighted by Gasteiger charge is -2.34. The van der Waals surface area contributed by atoms with Gasteiger partial charge in [-0.05, 0) is 74.7 Å². The quantitative estimate of drug-likeness (QED) is 0.243. The SMILES string of the molecule is O=C(O)c1ccc2nc(CN3CCC(c4cccc5c4OCC(c4nc6ccccc6s4)O5)CC3)n(CC3CCO3)c2c1. The molecule has 3 aliphatic rings. The van der Waals surface area contributed by atoms with Gasteiger partial charge in [0, 0.05) is 12.2 Å². The van der Waals surface area contributed by atoms with Crippen LogP contribution in [0.2, 0.25) is 0 Å². The molecule has 0 amide bonds. The number of ether oxygens (including phenoxy) is 3. The normalized spacial score (nSPS) is 20.8. The van der Waals surface area contributed by atoms with Gasteiger partial charge in [0.15, 0.2) is 17.6 Å². The number of fused-ring (bicyclic) bond motifs is 3. The van der Waals surface area contributed by atoms with E-state index in [1.165, 1.54) is 5.56 Å². The Morgan fingerprint density at radius 1 is 1.00 bits per heavy atom. The topological polar surface area (TPSA) is 98.9 Å². The highest BCUT2D eigenvalue weighted by Crippen LogP contribution is 2.45. The fourth-order valence-electron chi connectivity index (χ4n) is 6.46. The lowest BCUT2D eigenvalue weighted by Crippen LogP contribution is -2.35. The van der Waals surface area contributed by atoms with E-state index in [9.17, 15) is 9.90 Å². The smallest absolute Gasteiger partial charge is 0.335 e. The molecule has 2 unspecified atom stereocenters. The first-order valence-electron chi connectivity index (χ1n) is 14.9. The molecular weight excluding hydrogens is 564 g/mol. The highest BCUT2D eigenvalue weighted by atomic mass is 32.1. The van der Waals surface area contributed by atoms with Crippen molar-refractivity contribution >= 4 is 38.6 Å². The molecule has 2 aromatic heterocycles. The van der Waals surface area contributed by atoms with Crippen molar-refractivity contribution in [3.8, 4) is 11.5 Å². The van der Waals surface area contributed by atoms with Gasteiger partial charge in [-0.3, -0.25) is 4.90 Å². The number of carboxylic acids is 1. The van der Waals surface area contributed by atoms with Crippen LogP contribution in [0.3, 0.4) is 0 Å². The third-order valence-electron chi connectivity index (χ3n) is 8.89. The van der Waals surface area contributed by atoms with Gasteiger partial charge in [-0.15, -0.1) is 11.3 Å². The number of carboxylic acid groups (broad SMARTS) is 1. The van der Waals surface area contributed by atoms with Crippen molar-refractivity contribution in [3.05, 3.63) is 82.6 Å². The number of carbonyl (C=O) groups is 1. The van der Waals surface area contributed by atoms with Crippen LogP contribution in [-0.4, -0.2) is 62.9 Å². The van der Waals surface area contributed by atoms with Crippen molar-refractivity contribution in [2.45, 2.75) is 50.5 Å². The summed E-state index contributed by atoms with van der Waals surface area (Å²) in [5.74, 6) is 2.08. The summed E-state index contributed by atoms with van der Waals surface area (Å²) in [6.07, 6.45) is 2.97. The minimum Gasteiger partial charge on any atom is -0.485 e. The fraction of sp³-hybridized carbons (Fsp3) is 0.364. The summed E-state index contributed by atoms with van der Waals surface area (Å²) >= 11 is 1.66. The van der Waals surface area contributed by atoms with Crippen LogP contribution in [-0.2, 0) is 17.8 Å². The third-order valence-corrected chi connectivity index (χ3v) is 10.0. The van der Waals surface area contributed by atoms with Gasteiger partial charge in [-0.25, -0.2) is 14.8 Å². The van der Waals surface area contributed by atoms with Gasteiger partial charge in [-0.2, -0.15) is 0 Å². The molecule has 0 radical (unpaired) electrons. The van der Waals surface area contributed by atoms with Crippen molar-refractivity contribution < 1.29 is 24.1 Å². The van der Waals surface area contributed by atoms with Crippen LogP contribution in [0.25, 0.3) is 21.3 Å². The van der Waals surface area contributed by atoms with Gasteiger partial charge in [-0.1, -0.05) is 24.3 Å². The molecule has 5 aromatic rings. The lowest BCUT2D eigenvalue weighted by molar-refractivity contribution is -0.0592. The Kier molecular flexibility index (Phi) is 6.77. The molecule has 9 nitrogen and oxygen atoms in total. The molecule has 3 aliphatic heterocycles. The molecule has 3 aromatic carbocycles. The van der Waals surface area contributed by atoms with Crippen LogP contribution in [0.15, 0.2) is 60.7 Å². The van der Waals surface area contributed by atoms with Crippen LogP contribution in [0.1, 0.15) is 58.0 Å². The molecule has 5 heterocycles. The van der Waals surface area contributed by atoms with Crippen molar-refractivity contribution in [3.63, 3.8) is 0 Å². The molecule has 220 valence electrons. The van der Waals surface area contributed by atoms with Gasteiger partial charge in [0.1, 0.15) is 17.4 Å². The zero-order valence-electron chi connectivity index (χ0n) is 23.6. The van der Waals surface area contributed by atoms with Gasteiger partial charge in [0.2, 0.25) is 0 Å². The highest BCUT2D eigenvalue weighted by Gasteiger charge is 2.31. The fourth-order valence-corrected chi connectivity index (χ4v) is 7.44. The first-order chi connectivity index (χ1) is 21.1. The van der Waals surface area contributed by atoms with E-state index in [2.05, 4.69) is 27.7 Å². The van der Waals surface area contributed by atoms with Crippen molar-refractivity contribution in [2.24, 2.45) is 0 Å². The van der Waals surface area contributed by atoms with Gasteiger partial charge in [0.05, 0.1) is 46.0 Å². The van der Waals surface area contributed by atoms with Gasteiger partial charge < -0.3 is 23.9 Å². The Morgan fingerprint density at radius 3 is 2.65 bits per heavy atom. The van der Waals surface area contributed by atoms with Gasteiger partial charge in [0.25, 0.3) is 0 Å². The standard InChI is InChI=1S/C33H32N4O5S/c38-33(39)21-8-9-24-26(16-21)37(17-22-12-15-40-22)30(34-24)18-36-13-10-20(11-14-36)23-4-3-6-27-31(23)41-19-28(42-27)32-35-25-5-1-2-7-29(25)43-32/h1-9,16,20,22,28H,10-15,17-19H2,(H,38,39). The number of piperidine rings is 1. The number of hydrogen-bond donors (Lipinski definition) is 1. The maximum absolute atomic E-state index is 11.6. The number of benzene rings is 3. The molecule has 0 saturated carbocycles. The summed E-state index contributed by atoms with van der Waals surface area (Å²) in [5.41, 5.74) is 4.17. The second-order valence-electron chi connectivity index (χ2n) is 11.6. The summed E-state index contributed by atoms with van der Waals surface area (Å²) < 4.78 is 21.9. The molecule has 0 aliphatic carbocycles. The Bertz CT molecular complexity index is 1790. The summed E-state index contributed by atoms with van der Waals surface area (Å²) in [6.45, 7) is 4.51. The second-order valence-corrected chi connectivity index (χ2v) is 12.7. The number of nitrogens with zero attached hydrogens (tertiary/aromatic N) is 4. The van der Waals surface area contributed by atoms with E-state index in [-0.39, 0.29) is 17.8 Å². The average Bonchev–Trinajstić information content (AvgIpc) is 3.59. The number of para-hydroxylation sites is 2. The van der Waals surface area contributed by atoms with Crippen molar-refractivity contribution in [1.29, 1.82) is 0 Å². The van der Waals surface area contributed by atoms with Crippen LogP contribution in [0.4, 0.5) is 0 Å². The zero-order valence-corrected chi connectivity index (χ0v) is 24.5. The maximum atomic E-state index is 11.6. The van der Waals surface area contributed by atoms with E-state index < -0.39 is 5.97 Å². The number of thiazole rings is 1. The van der Waals surface area contributed by atoms with E-state index >= 15 is 0 Å². The molecule has 8 rings (SSSR count). The second kappa shape index (κ2) is 10.9. The number of aromatic nitrogens is 3. The number of rotatable bonds is 7. The van der Waals surface area contributed by atoms with Crippen LogP contribution in [0, 0.1) is 0 Å². The van der Waals surface area contributed by atoms with Crippen LogP contribution < -0.4 is 9.47 Å². The minimum atomic E-state index is -0.928. The maximum Gasteiger partial charge on any atom is 0.335 e. The lowest BCUT2D eigenvalue weighted by atomic mass is 9.88. The number of likely N-dealkylation sites (tertiary alicyclic amines) is 1. The van der Waals surface area contributed by atoms with Crippen molar-refractivity contribution in [1.82, 2.24) is 19.4 Å². The molecule has 2 atom stereocenters. The molecule has 1 N–H and O–H groups in total. The van der Waals surface area contributed by atoms with Crippen LogP contribution >= 0.6 is 11.3 Å². The summed E-state index contributed by atoms with van der Waals surface area (Å²) in [6, 6.07) is 19.6. The Balaban J connectivity index is 0.969. The largest absolute Gasteiger partial charge is 0.485 e. The minimum absolute atomic E-state index is 0.149. The predicted molar refractivity (Wildman–Crippen MR) is 163 cm³/mol. The first-order valence-corrected chi connectivity index (χ1v) is 15.7. The molecule has 2 fully saturated rings. The molecular formula is C33H32N4O5S. The van der Waals surface area contributed by atoms with E-state index in [4.69, 9.17) is 24.2 Å². The van der Waals surface area contributed by atoms with Crippen LogP contribution in [0.5, 0.6) is 11.5 Å². The molecule has 0 bridgehead atoms.